The Morgan fingerprint density at radius 3 is 2.15 bits per heavy atom. The maximum absolute atomic E-state index is 14.4. The number of primary amides is 1. The van der Waals surface area contributed by atoms with E-state index in [2.05, 4.69) is 41.5 Å². The first-order valence-electron chi connectivity index (χ1n) is 20.4. The van der Waals surface area contributed by atoms with Crippen LogP contribution in [0.1, 0.15) is 84.4 Å². The van der Waals surface area contributed by atoms with Crippen LogP contribution in [0.2, 0.25) is 0 Å². The number of hydrogen-bond acceptors (Lipinski definition) is 9. The molecule has 18 nitrogen and oxygen atoms in total. The number of para-hydroxylation sites is 1. The van der Waals surface area contributed by atoms with Crippen LogP contribution in [-0.4, -0.2) is 111 Å². The SMILES string of the molecule is CC(=O)N[C@@H](CCCCN)C(=O)N1CCC[C@H]1C(=O)N[C@@H](CC(C)C)C(=O)N[C@@H](Cc1c[nH]c2ccccc12)C(=O)N[C@@H](Cc1c[nH]cn1)C(=O)N[C@H](C(N)=O)C(C)C. The minimum atomic E-state index is -1.24. The van der Waals surface area contributed by atoms with Crippen LogP contribution in [0.15, 0.2) is 43.0 Å². The van der Waals surface area contributed by atoms with E-state index in [1.807, 2.05) is 38.1 Å². The highest BCUT2D eigenvalue weighted by Gasteiger charge is 2.39. The average molecular weight is 820 g/mol. The van der Waals surface area contributed by atoms with Gasteiger partial charge in [-0.25, -0.2) is 4.98 Å². The van der Waals surface area contributed by atoms with Crippen LogP contribution in [0.5, 0.6) is 0 Å². The van der Waals surface area contributed by atoms with Gasteiger partial charge in [-0.15, -0.1) is 0 Å². The van der Waals surface area contributed by atoms with Gasteiger partial charge in [-0.2, -0.15) is 0 Å². The number of nitrogens with two attached hydrogens (primary N) is 2. The number of carbonyl (C=O) groups excluding carboxylic acids is 7. The standard InChI is InChI=1S/C41H61N11O7/c1-23(2)17-31(50-40(58)34-14-10-16-52(34)41(59)30(47-25(5)53)13-8-9-15-42)37(55)48-32(18-26-20-45-29-12-7-6-11-28(26)29)38(56)49-33(19-27-21-44-22-46-27)39(57)51-35(24(3)4)36(43)54/h6-7,11-12,20-24,30-35,45H,8-10,13-19,42H2,1-5H3,(H2,43,54)(H,44,46)(H,47,53)(H,48,55)(H,49,56)(H,50,58)(H,51,57)/t30-,31-,32-,33-,34-,35-/m0/s1. The second-order valence-corrected chi connectivity index (χ2v) is 16.0. The van der Waals surface area contributed by atoms with Crippen LogP contribution >= 0.6 is 0 Å². The molecule has 0 spiro atoms. The minimum Gasteiger partial charge on any atom is -0.368 e. The average Bonchev–Trinajstić information content (AvgIpc) is 3.97. The summed E-state index contributed by atoms with van der Waals surface area (Å²) in [5.41, 5.74) is 13.2. The first-order chi connectivity index (χ1) is 28.1. The zero-order valence-corrected chi connectivity index (χ0v) is 34.6. The number of carbonyl (C=O) groups is 7. The summed E-state index contributed by atoms with van der Waals surface area (Å²) in [7, 11) is 0. The number of amides is 7. The van der Waals surface area contributed by atoms with Crippen LogP contribution in [0, 0.1) is 11.8 Å². The van der Waals surface area contributed by atoms with E-state index in [1.54, 1.807) is 26.2 Å². The molecule has 0 bridgehead atoms. The van der Waals surface area contributed by atoms with E-state index < -0.39 is 65.8 Å². The van der Waals surface area contributed by atoms with Gasteiger partial charge in [0, 0.05) is 49.6 Å². The van der Waals surface area contributed by atoms with Crippen LogP contribution in [-0.2, 0) is 46.4 Å². The topological polar surface area (TPSA) is 279 Å². The highest BCUT2D eigenvalue weighted by atomic mass is 16.2. The number of H-pyrrole nitrogens is 2. The number of rotatable bonds is 22. The van der Waals surface area contributed by atoms with Gasteiger partial charge in [-0.05, 0) is 68.5 Å². The van der Waals surface area contributed by atoms with Crippen molar-refractivity contribution in [1.82, 2.24) is 46.4 Å². The zero-order chi connectivity index (χ0) is 43.2. The van der Waals surface area contributed by atoms with Gasteiger partial charge in [0.05, 0.1) is 12.0 Å². The molecule has 0 radical (unpaired) electrons. The Labute approximate surface area is 344 Å². The molecule has 0 saturated carbocycles. The third-order valence-corrected chi connectivity index (χ3v) is 10.4. The number of likely N-dealkylation sites (tertiary alicyclic amines) is 1. The smallest absolute Gasteiger partial charge is 0.245 e. The Kier molecular flexibility index (Phi) is 17.0. The van der Waals surface area contributed by atoms with Crippen molar-refractivity contribution >= 4 is 52.3 Å². The lowest BCUT2D eigenvalue weighted by molar-refractivity contribution is -0.142. The molecule has 1 aromatic carbocycles. The number of unbranched alkanes of at least 4 members (excludes halogenated alkanes) is 1. The van der Waals surface area contributed by atoms with Gasteiger partial charge in [-0.1, -0.05) is 45.9 Å². The maximum atomic E-state index is 14.4. The van der Waals surface area contributed by atoms with Crippen molar-refractivity contribution in [2.24, 2.45) is 23.3 Å². The Hall–Kier alpha value is -5.78. The second kappa shape index (κ2) is 21.8. The van der Waals surface area contributed by atoms with Gasteiger partial charge in [0.2, 0.25) is 41.4 Å². The molecule has 7 amide bonds. The quantitative estimate of drug-likeness (QED) is 0.0635. The van der Waals surface area contributed by atoms with Gasteiger partial charge in [-0.3, -0.25) is 33.6 Å². The van der Waals surface area contributed by atoms with Crippen LogP contribution in [0.25, 0.3) is 10.9 Å². The number of nitrogens with zero attached hydrogens (tertiary/aromatic N) is 2. The van der Waals surface area contributed by atoms with Gasteiger partial charge >= 0.3 is 0 Å². The molecule has 11 N–H and O–H groups in total. The summed E-state index contributed by atoms with van der Waals surface area (Å²) in [5, 5.41) is 14.7. The minimum absolute atomic E-state index is 0.0101. The van der Waals surface area contributed by atoms with Crippen molar-refractivity contribution in [3.8, 4) is 0 Å². The number of imidazole rings is 1. The predicted molar refractivity (Wildman–Crippen MR) is 221 cm³/mol. The number of benzene rings is 1. The number of hydrogen-bond donors (Lipinski definition) is 9. The van der Waals surface area contributed by atoms with Crippen molar-refractivity contribution in [3.05, 3.63) is 54.2 Å². The fourth-order valence-electron chi connectivity index (χ4n) is 7.39. The molecule has 1 aliphatic heterocycles. The summed E-state index contributed by atoms with van der Waals surface area (Å²) >= 11 is 0. The summed E-state index contributed by atoms with van der Waals surface area (Å²) in [5.74, 6) is -4.41. The summed E-state index contributed by atoms with van der Waals surface area (Å²) in [6, 6.07) is 1.21. The molecular formula is C41H61N11O7. The van der Waals surface area contributed by atoms with Crippen LogP contribution < -0.4 is 38.1 Å². The summed E-state index contributed by atoms with van der Waals surface area (Å²) in [4.78, 5) is 106. The number of fused-ring (bicyclic) bond motifs is 1. The number of aromatic amines is 2. The predicted octanol–water partition coefficient (Wildman–Crippen LogP) is 0.428. The van der Waals surface area contributed by atoms with Gasteiger partial charge in [0.15, 0.2) is 0 Å². The number of nitrogens with one attached hydrogen (secondary N) is 7. The second-order valence-electron chi connectivity index (χ2n) is 16.0. The fraction of sp³-hybridized carbons (Fsp3) is 0.561. The molecule has 3 aromatic rings. The van der Waals surface area contributed by atoms with Crippen LogP contribution in [0.4, 0.5) is 0 Å². The monoisotopic (exact) mass is 819 g/mol. The van der Waals surface area contributed by atoms with E-state index in [1.165, 1.54) is 18.2 Å². The Bertz CT molecular complexity index is 1910. The third-order valence-electron chi connectivity index (χ3n) is 10.4. The van der Waals surface area contributed by atoms with Crippen LogP contribution in [0.3, 0.4) is 0 Å². The molecule has 59 heavy (non-hydrogen) atoms. The van der Waals surface area contributed by atoms with Crippen molar-refractivity contribution in [2.45, 2.75) is 122 Å². The third kappa shape index (κ3) is 13.1. The van der Waals surface area contributed by atoms with Gasteiger partial charge in [0.1, 0.15) is 36.3 Å². The molecule has 0 unspecified atom stereocenters. The molecule has 3 heterocycles. The molecule has 2 aromatic heterocycles. The van der Waals surface area contributed by atoms with E-state index in [9.17, 15) is 33.6 Å². The highest BCUT2D eigenvalue weighted by molar-refractivity contribution is 5.97. The van der Waals surface area contributed by atoms with Gasteiger partial charge in [0.25, 0.3) is 0 Å². The van der Waals surface area contributed by atoms with E-state index >= 15 is 0 Å². The first-order valence-corrected chi connectivity index (χ1v) is 20.4. The molecule has 6 atom stereocenters. The zero-order valence-electron chi connectivity index (χ0n) is 34.6. The summed E-state index contributed by atoms with van der Waals surface area (Å²) < 4.78 is 0. The molecule has 1 saturated heterocycles. The Morgan fingerprint density at radius 1 is 0.847 bits per heavy atom. The Morgan fingerprint density at radius 2 is 1.53 bits per heavy atom. The van der Waals surface area contributed by atoms with E-state index in [4.69, 9.17) is 11.5 Å². The Balaban J connectivity index is 1.60. The van der Waals surface area contributed by atoms with E-state index in [0.29, 0.717) is 56.5 Å². The first kappa shape index (κ1) is 45.9. The molecule has 0 aliphatic carbocycles. The fourth-order valence-corrected chi connectivity index (χ4v) is 7.39. The van der Waals surface area contributed by atoms with Crippen molar-refractivity contribution < 1.29 is 33.6 Å². The van der Waals surface area contributed by atoms with Crippen molar-refractivity contribution in [1.29, 1.82) is 0 Å². The molecule has 1 fully saturated rings. The molecule has 322 valence electrons. The largest absolute Gasteiger partial charge is 0.368 e. The highest BCUT2D eigenvalue weighted by Crippen LogP contribution is 2.22. The molecule has 18 heteroatoms. The van der Waals surface area contributed by atoms with Crippen molar-refractivity contribution in [2.75, 3.05) is 13.1 Å². The summed E-state index contributed by atoms with van der Waals surface area (Å²) in [6.07, 6.45) is 7.49. The van der Waals surface area contributed by atoms with E-state index in [-0.39, 0.29) is 42.9 Å². The molecule has 1 aliphatic rings. The molecular weight excluding hydrogens is 759 g/mol. The van der Waals surface area contributed by atoms with Gasteiger partial charge < -0.3 is 52.9 Å². The molecule has 4 rings (SSSR count). The lowest BCUT2D eigenvalue weighted by Crippen LogP contribution is -2.60. The van der Waals surface area contributed by atoms with E-state index in [0.717, 1.165) is 10.9 Å². The summed E-state index contributed by atoms with van der Waals surface area (Å²) in [6.45, 7) is 9.32. The maximum Gasteiger partial charge on any atom is 0.245 e. The van der Waals surface area contributed by atoms with Crippen molar-refractivity contribution in [3.63, 3.8) is 0 Å². The lowest BCUT2D eigenvalue weighted by Gasteiger charge is -2.30. The lowest BCUT2D eigenvalue weighted by atomic mass is 9.99. The normalized spacial score (nSPS) is 16.5. The number of aromatic nitrogens is 3.